The van der Waals surface area contributed by atoms with Crippen LogP contribution in [0.25, 0.3) is 0 Å². The molecule has 9 heteroatoms. The molecule has 4 aliphatic rings. The second kappa shape index (κ2) is 13.0. The molecule has 0 atom stereocenters. The maximum Gasteiger partial charge on any atom is 0.407 e. The van der Waals surface area contributed by atoms with Crippen LogP contribution in [-0.2, 0) is 14.3 Å². The predicted octanol–water partition coefficient (Wildman–Crippen LogP) is 3.55. The molecular formula is C25H45ClN4O4. The van der Waals surface area contributed by atoms with Gasteiger partial charge in [-0.3, -0.25) is 9.59 Å². The van der Waals surface area contributed by atoms with Crippen LogP contribution < -0.4 is 21.7 Å². The molecule has 0 saturated heterocycles. The Hall–Kier alpha value is -1.54. The van der Waals surface area contributed by atoms with Crippen LogP contribution in [0.4, 0.5) is 4.79 Å². The highest BCUT2D eigenvalue weighted by Gasteiger charge is 2.32. The normalized spacial score (nSPS) is 28.8. The monoisotopic (exact) mass is 500 g/mol. The van der Waals surface area contributed by atoms with Crippen molar-refractivity contribution in [3.63, 3.8) is 0 Å². The van der Waals surface area contributed by atoms with Gasteiger partial charge in [-0.1, -0.05) is 0 Å². The number of halogens is 1. The smallest absolute Gasteiger partial charge is 0.407 e. The zero-order valence-corrected chi connectivity index (χ0v) is 21.9. The molecule has 8 nitrogen and oxygen atoms in total. The Balaban J connectivity index is 0.000000253. The molecular weight excluding hydrogens is 456 g/mol. The second-order valence-electron chi connectivity index (χ2n) is 11.4. The molecule has 0 bridgehead atoms. The first-order valence-electron chi connectivity index (χ1n) is 12.9. The molecule has 0 aromatic heterocycles. The third-order valence-corrected chi connectivity index (χ3v) is 6.81. The van der Waals surface area contributed by atoms with E-state index in [9.17, 15) is 14.4 Å². The molecule has 196 valence electrons. The molecule has 0 unspecified atom stereocenters. The number of hydrogen-bond donors (Lipinski definition) is 4. The fourth-order valence-corrected chi connectivity index (χ4v) is 4.45. The van der Waals surface area contributed by atoms with Crippen LogP contribution in [0.3, 0.4) is 0 Å². The minimum Gasteiger partial charge on any atom is -0.444 e. The van der Waals surface area contributed by atoms with Gasteiger partial charge in [-0.25, -0.2) is 4.79 Å². The van der Waals surface area contributed by atoms with Crippen molar-refractivity contribution in [3.8, 4) is 0 Å². The van der Waals surface area contributed by atoms with Crippen molar-refractivity contribution in [1.82, 2.24) is 16.0 Å². The van der Waals surface area contributed by atoms with Gasteiger partial charge in [0.15, 0.2) is 0 Å². The summed E-state index contributed by atoms with van der Waals surface area (Å²) in [6, 6.07) is 1.41. The molecule has 0 heterocycles. The lowest BCUT2D eigenvalue weighted by Crippen LogP contribution is -2.43. The average Bonchev–Trinajstić information content (AvgIpc) is 3.65. The number of nitrogens with one attached hydrogen (secondary N) is 3. The molecule has 4 rings (SSSR count). The molecule has 4 saturated carbocycles. The van der Waals surface area contributed by atoms with Crippen LogP contribution in [0.2, 0.25) is 0 Å². The summed E-state index contributed by atoms with van der Waals surface area (Å²) >= 11 is 0. The van der Waals surface area contributed by atoms with Crippen molar-refractivity contribution in [1.29, 1.82) is 0 Å². The average molecular weight is 501 g/mol. The highest BCUT2D eigenvalue weighted by Crippen LogP contribution is 2.27. The van der Waals surface area contributed by atoms with Gasteiger partial charge in [0, 0.05) is 36.0 Å². The molecule has 0 radical (unpaired) electrons. The van der Waals surface area contributed by atoms with Crippen LogP contribution in [-0.4, -0.2) is 47.7 Å². The standard InChI is InChI=1S/C15H26N2O3.C10H18N2O.ClH/c1-15(2,3)20-14(19)17-12-6-4-10(5-7-12)13(18)16-11-8-9-11;11-8-3-1-7(2-4-8)10(13)12-9-5-6-9;/h10-12H,4-9H2,1-3H3,(H,16,18)(H,17,19);7-9H,1-6,11H2,(H,12,13);1H. The first-order chi connectivity index (χ1) is 15.6. The Bertz CT molecular complexity index is 675. The lowest BCUT2D eigenvalue weighted by atomic mass is 9.85. The Morgan fingerprint density at radius 1 is 0.647 bits per heavy atom. The summed E-state index contributed by atoms with van der Waals surface area (Å²) < 4.78 is 5.25. The summed E-state index contributed by atoms with van der Waals surface area (Å²) in [4.78, 5) is 35.2. The van der Waals surface area contributed by atoms with Gasteiger partial charge in [0.25, 0.3) is 0 Å². The summed E-state index contributed by atoms with van der Waals surface area (Å²) in [6.45, 7) is 5.56. The van der Waals surface area contributed by atoms with Gasteiger partial charge in [0.1, 0.15) is 5.60 Å². The van der Waals surface area contributed by atoms with Crippen molar-refractivity contribution in [3.05, 3.63) is 0 Å². The first kappa shape index (κ1) is 28.7. The maximum atomic E-state index is 11.9. The lowest BCUT2D eigenvalue weighted by molar-refractivity contribution is -0.127. The Morgan fingerprint density at radius 3 is 1.38 bits per heavy atom. The van der Waals surface area contributed by atoms with Crippen molar-refractivity contribution < 1.29 is 19.1 Å². The van der Waals surface area contributed by atoms with E-state index in [-0.39, 0.29) is 48.2 Å². The largest absolute Gasteiger partial charge is 0.444 e. The van der Waals surface area contributed by atoms with E-state index < -0.39 is 5.60 Å². The molecule has 0 aliphatic heterocycles. The number of amides is 3. The zero-order valence-electron chi connectivity index (χ0n) is 21.1. The number of carbonyl (C=O) groups excluding carboxylic acids is 3. The van der Waals surface area contributed by atoms with E-state index in [2.05, 4.69) is 16.0 Å². The molecule has 4 aliphatic carbocycles. The fraction of sp³-hybridized carbons (Fsp3) is 0.880. The van der Waals surface area contributed by atoms with Crippen LogP contribution in [0.15, 0.2) is 0 Å². The van der Waals surface area contributed by atoms with Crippen molar-refractivity contribution >= 4 is 30.3 Å². The lowest BCUT2D eigenvalue weighted by Gasteiger charge is -2.29. The maximum absolute atomic E-state index is 11.9. The summed E-state index contributed by atoms with van der Waals surface area (Å²) in [6.07, 6.45) is 11.6. The van der Waals surface area contributed by atoms with Gasteiger partial charge in [-0.15, -0.1) is 12.4 Å². The summed E-state index contributed by atoms with van der Waals surface area (Å²) in [5.74, 6) is 0.838. The van der Waals surface area contributed by atoms with Gasteiger partial charge in [0.05, 0.1) is 0 Å². The van der Waals surface area contributed by atoms with Gasteiger partial charge < -0.3 is 26.4 Å². The third kappa shape index (κ3) is 10.8. The molecule has 5 N–H and O–H groups in total. The minimum absolute atomic E-state index is 0. The molecule has 0 aromatic carbocycles. The molecule has 4 fully saturated rings. The number of hydrogen-bond acceptors (Lipinski definition) is 5. The van der Waals surface area contributed by atoms with Gasteiger partial charge in [-0.05, 0) is 97.8 Å². The number of nitrogens with two attached hydrogens (primary N) is 1. The number of alkyl carbamates (subject to hydrolysis) is 1. The van der Waals surface area contributed by atoms with Crippen molar-refractivity contribution in [2.75, 3.05) is 0 Å². The van der Waals surface area contributed by atoms with Gasteiger partial charge in [-0.2, -0.15) is 0 Å². The van der Waals surface area contributed by atoms with E-state index in [1.807, 2.05) is 20.8 Å². The fourth-order valence-electron chi connectivity index (χ4n) is 4.45. The highest BCUT2D eigenvalue weighted by molar-refractivity contribution is 5.85. The van der Waals surface area contributed by atoms with Crippen LogP contribution >= 0.6 is 12.4 Å². The quantitative estimate of drug-likeness (QED) is 0.459. The number of ether oxygens (including phenoxy) is 1. The zero-order chi connectivity index (χ0) is 24.0. The number of carbonyl (C=O) groups is 3. The predicted molar refractivity (Wildman–Crippen MR) is 135 cm³/mol. The Morgan fingerprint density at radius 2 is 1.00 bits per heavy atom. The number of rotatable bonds is 5. The van der Waals surface area contributed by atoms with E-state index in [1.165, 1.54) is 12.8 Å². The van der Waals surface area contributed by atoms with Crippen molar-refractivity contribution in [2.45, 2.75) is 128 Å². The van der Waals surface area contributed by atoms with E-state index in [0.29, 0.717) is 18.1 Å². The Kier molecular flexibility index (Phi) is 10.9. The van der Waals surface area contributed by atoms with Crippen LogP contribution in [0, 0.1) is 11.8 Å². The minimum atomic E-state index is -0.467. The summed E-state index contributed by atoms with van der Waals surface area (Å²) in [5, 5.41) is 9.01. The van der Waals surface area contributed by atoms with E-state index in [1.54, 1.807) is 0 Å². The third-order valence-electron chi connectivity index (χ3n) is 6.81. The highest BCUT2D eigenvalue weighted by atomic mass is 35.5. The van der Waals surface area contributed by atoms with Gasteiger partial charge >= 0.3 is 6.09 Å². The van der Waals surface area contributed by atoms with Gasteiger partial charge in [0.2, 0.25) is 11.8 Å². The topological polar surface area (TPSA) is 123 Å². The van der Waals surface area contributed by atoms with Crippen LogP contribution in [0.1, 0.15) is 97.8 Å². The van der Waals surface area contributed by atoms with E-state index >= 15 is 0 Å². The summed E-state index contributed by atoms with van der Waals surface area (Å²) in [5.41, 5.74) is 5.31. The molecule has 0 aromatic rings. The van der Waals surface area contributed by atoms with E-state index in [4.69, 9.17) is 10.5 Å². The molecule has 3 amide bonds. The SMILES string of the molecule is CC(C)(C)OC(=O)NC1CCC(C(=O)NC2CC2)CC1.Cl.NC1CCC(C(=O)NC2CC2)CC1. The second-order valence-corrected chi connectivity index (χ2v) is 11.4. The Labute approximate surface area is 210 Å². The van der Waals surface area contributed by atoms with Crippen LogP contribution in [0.5, 0.6) is 0 Å². The van der Waals surface area contributed by atoms with Crippen molar-refractivity contribution in [2.24, 2.45) is 17.6 Å². The van der Waals surface area contributed by atoms with E-state index in [0.717, 1.165) is 64.2 Å². The first-order valence-corrected chi connectivity index (χ1v) is 12.9. The molecule has 34 heavy (non-hydrogen) atoms. The molecule has 0 spiro atoms. The summed E-state index contributed by atoms with van der Waals surface area (Å²) in [7, 11) is 0.